The van der Waals surface area contributed by atoms with Gasteiger partial charge in [-0.05, 0) is 18.8 Å². The number of urea groups is 1. The van der Waals surface area contributed by atoms with Crippen molar-refractivity contribution in [3.8, 4) is 0 Å². The number of amides is 3. The van der Waals surface area contributed by atoms with Gasteiger partial charge in [0.15, 0.2) is 0 Å². The molecule has 0 radical (unpaired) electrons. The predicted octanol–water partition coefficient (Wildman–Crippen LogP) is 1.90. The molecular formula is C12H20N2O2. The zero-order chi connectivity index (χ0) is 11.8. The average Bonchev–Trinajstić information content (AvgIpc) is 2.82. The number of rotatable bonds is 3. The van der Waals surface area contributed by atoms with E-state index in [2.05, 4.69) is 19.2 Å². The second kappa shape index (κ2) is 4.07. The highest BCUT2D eigenvalue weighted by Gasteiger charge is 2.53. The summed E-state index contributed by atoms with van der Waals surface area (Å²) in [6.45, 7) is 4.94. The van der Waals surface area contributed by atoms with Crippen LogP contribution >= 0.6 is 0 Å². The second-order valence-electron chi connectivity index (χ2n) is 5.12. The van der Waals surface area contributed by atoms with Crippen LogP contribution in [-0.4, -0.2) is 28.9 Å². The van der Waals surface area contributed by atoms with Crippen LogP contribution in [0, 0.1) is 5.92 Å². The summed E-state index contributed by atoms with van der Waals surface area (Å²) in [6, 6.07) is -0.188. The van der Waals surface area contributed by atoms with Crippen LogP contribution in [0.2, 0.25) is 0 Å². The van der Waals surface area contributed by atoms with Crippen LogP contribution in [-0.2, 0) is 4.79 Å². The lowest BCUT2D eigenvalue weighted by Crippen LogP contribution is -2.48. The van der Waals surface area contributed by atoms with E-state index in [9.17, 15) is 9.59 Å². The van der Waals surface area contributed by atoms with E-state index in [1.54, 1.807) is 4.90 Å². The first kappa shape index (κ1) is 11.4. The van der Waals surface area contributed by atoms with Crippen molar-refractivity contribution < 1.29 is 9.59 Å². The Kier molecular flexibility index (Phi) is 2.91. The summed E-state index contributed by atoms with van der Waals surface area (Å²) in [5.41, 5.74) is -0.499. The van der Waals surface area contributed by atoms with Crippen molar-refractivity contribution in [1.82, 2.24) is 10.2 Å². The molecule has 4 nitrogen and oxygen atoms in total. The number of carbonyl (C=O) groups excluding carboxylic acids is 2. The lowest BCUT2D eigenvalue weighted by molar-refractivity contribution is -0.126. The maximum absolute atomic E-state index is 11.9. The van der Waals surface area contributed by atoms with Crippen LogP contribution in [0.4, 0.5) is 4.79 Å². The van der Waals surface area contributed by atoms with Gasteiger partial charge in [-0.1, -0.05) is 33.1 Å². The number of hydrogen-bond donors (Lipinski definition) is 1. The molecule has 1 heterocycles. The topological polar surface area (TPSA) is 49.4 Å². The van der Waals surface area contributed by atoms with Crippen molar-refractivity contribution in [3.63, 3.8) is 0 Å². The third-order valence-electron chi connectivity index (χ3n) is 4.03. The highest BCUT2D eigenvalue weighted by molar-refractivity contribution is 6.07. The van der Waals surface area contributed by atoms with Gasteiger partial charge in [0, 0.05) is 6.54 Å². The van der Waals surface area contributed by atoms with Gasteiger partial charge < -0.3 is 4.90 Å². The number of carbonyl (C=O) groups is 2. The molecule has 90 valence electrons. The van der Waals surface area contributed by atoms with Gasteiger partial charge in [-0.25, -0.2) is 4.79 Å². The quantitative estimate of drug-likeness (QED) is 0.744. The first-order valence-electron chi connectivity index (χ1n) is 6.23. The van der Waals surface area contributed by atoms with E-state index < -0.39 is 5.54 Å². The van der Waals surface area contributed by atoms with E-state index in [1.165, 1.54) is 0 Å². The fourth-order valence-corrected chi connectivity index (χ4v) is 2.75. The molecule has 4 heteroatoms. The van der Waals surface area contributed by atoms with Crippen molar-refractivity contribution in [2.24, 2.45) is 5.92 Å². The van der Waals surface area contributed by atoms with Gasteiger partial charge >= 0.3 is 6.03 Å². The molecule has 2 fully saturated rings. The number of imide groups is 1. The molecule has 1 saturated carbocycles. The predicted molar refractivity (Wildman–Crippen MR) is 60.9 cm³/mol. The molecule has 0 aromatic carbocycles. The van der Waals surface area contributed by atoms with Crippen molar-refractivity contribution in [2.75, 3.05) is 6.54 Å². The zero-order valence-electron chi connectivity index (χ0n) is 10.1. The molecular weight excluding hydrogens is 204 g/mol. The largest absolute Gasteiger partial charge is 0.325 e. The standard InChI is InChI=1S/C12H20N2O2/c1-3-9(2)8-14-11(16)13-10(15)12(14)6-4-5-7-12/h9H,3-8H2,1-2H3,(H,13,15,16). The van der Waals surface area contributed by atoms with Gasteiger partial charge in [-0.15, -0.1) is 0 Å². The molecule has 1 N–H and O–H groups in total. The second-order valence-corrected chi connectivity index (χ2v) is 5.12. The number of hydrogen-bond acceptors (Lipinski definition) is 2. The summed E-state index contributed by atoms with van der Waals surface area (Å²) in [4.78, 5) is 25.5. The van der Waals surface area contributed by atoms with Crippen LogP contribution < -0.4 is 5.32 Å². The summed E-state index contributed by atoms with van der Waals surface area (Å²) < 4.78 is 0. The fraction of sp³-hybridized carbons (Fsp3) is 0.833. The third-order valence-corrected chi connectivity index (χ3v) is 4.03. The molecule has 1 unspecified atom stereocenters. The zero-order valence-corrected chi connectivity index (χ0v) is 10.1. The van der Waals surface area contributed by atoms with Gasteiger partial charge in [-0.3, -0.25) is 10.1 Å². The maximum atomic E-state index is 11.9. The van der Waals surface area contributed by atoms with Crippen molar-refractivity contribution in [1.29, 1.82) is 0 Å². The molecule has 2 rings (SSSR count). The SMILES string of the molecule is CCC(C)CN1C(=O)NC(=O)C12CCCC2. The number of nitrogens with one attached hydrogen (secondary N) is 1. The molecule has 1 aliphatic carbocycles. The van der Waals surface area contributed by atoms with Crippen molar-refractivity contribution in [3.05, 3.63) is 0 Å². The van der Waals surface area contributed by atoms with Crippen LogP contribution in [0.25, 0.3) is 0 Å². The minimum Gasteiger partial charge on any atom is -0.309 e. The minimum atomic E-state index is -0.499. The van der Waals surface area contributed by atoms with Gasteiger partial charge in [0.1, 0.15) is 5.54 Å². The Labute approximate surface area is 96.4 Å². The monoisotopic (exact) mass is 224 g/mol. The average molecular weight is 224 g/mol. The highest BCUT2D eigenvalue weighted by Crippen LogP contribution is 2.39. The summed E-state index contributed by atoms with van der Waals surface area (Å²) in [7, 11) is 0. The van der Waals surface area contributed by atoms with E-state index in [4.69, 9.17) is 0 Å². The first-order valence-corrected chi connectivity index (χ1v) is 6.23. The Morgan fingerprint density at radius 1 is 1.38 bits per heavy atom. The van der Waals surface area contributed by atoms with Crippen molar-refractivity contribution in [2.45, 2.75) is 51.5 Å². The van der Waals surface area contributed by atoms with E-state index in [0.29, 0.717) is 12.5 Å². The van der Waals surface area contributed by atoms with Crippen LogP contribution in [0.15, 0.2) is 0 Å². The summed E-state index contributed by atoms with van der Waals surface area (Å²) in [6.07, 6.45) is 4.81. The smallest absolute Gasteiger partial charge is 0.309 e. The first-order chi connectivity index (χ1) is 7.60. The maximum Gasteiger partial charge on any atom is 0.325 e. The lowest BCUT2D eigenvalue weighted by atomic mass is 9.94. The Morgan fingerprint density at radius 3 is 2.56 bits per heavy atom. The Balaban J connectivity index is 2.19. The molecule has 0 bridgehead atoms. The Morgan fingerprint density at radius 2 is 2.00 bits per heavy atom. The normalized spacial score (nSPS) is 25.2. The lowest BCUT2D eigenvalue weighted by Gasteiger charge is -2.33. The number of nitrogens with zero attached hydrogens (tertiary/aromatic N) is 1. The van der Waals surface area contributed by atoms with E-state index >= 15 is 0 Å². The Bertz CT molecular complexity index is 308. The molecule has 1 aliphatic heterocycles. The molecule has 2 aliphatic rings. The van der Waals surface area contributed by atoms with Crippen molar-refractivity contribution >= 4 is 11.9 Å². The van der Waals surface area contributed by atoms with Crippen LogP contribution in [0.3, 0.4) is 0 Å². The van der Waals surface area contributed by atoms with Gasteiger partial charge in [0.25, 0.3) is 5.91 Å². The van der Waals surface area contributed by atoms with Gasteiger partial charge in [0.2, 0.25) is 0 Å². The fourth-order valence-electron chi connectivity index (χ4n) is 2.75. The third kappa shape index (κ3) is 1.60. The summed E-state index contributed by atoms with van der Waals surface area (Å²) >= 11 is 0. The van der Waals surface area contributed by atoms with Gasteiger partial charge in [-0.2, -0.15) is 0 Å². The highest BCUT2D eigenvalue weighted by atomic mass is 16.2. The molecule has 3 amide bonds. The van der Waals surface area contributed by atoms with Crippen LogP contribution in [0.1, 0.15) is 46.0 Å². The molecule has 1 atom stereocenters. The Hall–Kier alpha value is -1.06. The molecule has 1 spiro atoms. The summed E-state index contributed by atoms with van der Waals surface area (Å²) in [5, 5.41) is 2.48. The molecule has 16 heavy (non-hydrogen) atoms. The van der Waals surface area contributed by atoms with Gasteiger partial charge in [0.05, 0.1) is 0 Å². The van der Waals surface area contributed by atoms with E-state index in [-0.39, 0.29) is 11.9 Å². The summed E-state index contributed by atoms with van der Waals surface area (Å²) in [5.74, 6) is 0.382. The molecule has 0 aromatic heterocycles. The van der Waals surface area contributed by atoms with Crippen LogP contribution in [0.5, 0.6) is 0 Å². The molecule has 0 aromatic rings. The van der Waals surface area contributed by atoms with E-state index in [1.807, 2.05) is 0 Å². The van der Waals surface area contributed by atoms with E-state index in [0.717, 1.165) is 32.1 Å². The minimum absolute atomic E-state index is 0.0710. The molecule has 1 saturated heterocycles.